The van der Waals surface area contributed by atoms with E-state index in [2.05, 4.69) is 4.98 Å². The monoisotopic (exact) mass is 193 g/mol. The predicted octanol–water partition coefficient (Wildman–Crippen LogP) is 2.05. The first-order valence-corrected chi connectivity index (χ1v) is 4.16. The highest BCUT2D eigenvalue weighted by Gasteiger charge is 2.01. The van der Waals surface area contributed by atoms with Crippen LogP contribution in [0.5, 0.6) is 0 Å². The number of nitrogen functional groups attached to an aromatic ring is 2. The van der Waals surface area contributed by atoms with Crippen LogP contribution in [-0.2, 0) is 0 Å². The number of rotatable bonds is 0. The fourth-order valence-electron chi connectivity index (χ4n) is 1.25. The number of nitrogens with two attached hydrogens (primary N) is 2. The summed E-state index contributed by atoms with van der Waals surface area (Å²) in [5.74, 6) is 0.410. The zero-order valence-corrected chi connectivity index (χ0v) is 7.55. The normalized spacial score (nSPS) is 10.5. The lowest BCUT2D eigenvalue weighted by atomic mass is 10.2. The fourth-order valence-corrected chi connectivity index (χ4v) is 1.42. The molecule has 0 unspecified atom stereocenters. The summed E-state index contributed by atoms with van der Waals surface area (Å²) in [5, 5.41) is 1.50. The Labute approximate surface area is 80.3 Å². The van der Waals surface area contributed by atoms with Crippen molar-refractivity contribution in [1.82, 2.24) is 4.98 Å². The number of halogens is 1. The van der Waals surface area contributed by atoms with E-state index in [9.17, 15) is 0 Å². The third-order valence-corrected chi connectivity index (χ3v) is 2.06. The van der Waals surface area contributed by atoms with Gasteiger partial charge < -0.3 is 11.5 Å². The topological polar surface area (TPSA) is 64.9 Å². The SMILES string of the molecule is Nc1cc(N)c2ccc(Cl)cc2n1. The highest BCUT2D eigenvalue weighted by atomic mass is 35.5. The highest BCUT2D eigenvalue weighted by molar-refractivity contribution is 6.31. The maximum Gasteiger partial charge on any atom is 0.126 e. The lowest BCUT2D eigenvalue weighted by molar-refractivity contribution is 1.42. The third-order valence-electron chi connectivity index (χ3n) is 1.82. The minimum atomic E-state index is 0.410. The van der Waals surface area contributed by atoms with E-state index in [1.165, 1.54) is 0 Å². The van der Waals surface area contributed by atoms with Crippen LogP contribution >= 0.6 is 11.6 Å². The van der Waals surface area contributed by atoms with Crippen molar-refractivity contribution in [3.63, 3.8) is 0 Å². The second-order valence-electron chi connectivity index (χ2n) is 2.80. The number of fused-ring (bicyclic) bond motifs is 1. The number of hydrogen-bond acceptors (Lipinski definition) is 3. The Balaban J connectivity index is 2.86. The molecule has 0 fully saturated rings. The number of aromatic nitrogens is 1. The summed E-state index contributed by atoms with van der Waals surface area (Å²) in [6.45, 7) is 0. The van der Waals surface area contributed by atoms with Crippen molar-refractivity contribution in [2.24, 2.45) is 0 Å². The van der Waals surface area contributed by atoms with Crippen LogP contribution in [0.3, 0.4) is 0 Å². The highest BCUT2D eigenvalue weighted by Crippen LogP contribution is 2.24. The molecule has 3 nitrogen and oxygen atoms in total. The molecule has 1 aromatic carbocycles. The fraction of sp³-hybridized carbons (Fsp3) is 0. The van der Waals surface area contributed by atoms with Crippen molar-refractivity contribution >= 4 is 34.0 Å². The van der Waals surface area contributed by atoms with E-state index in [-0.39, 0.29) is 0 Å². The molecule has 1 aromatic heterocycles. The average molecular weight is 194 g/mol. The number of benzene rings is 1. The summed E-state index contributed by atoms with van der Waals surface area (Å²) in [5.41, 5.74) is 12.6. The largest absolute Gasteiger partial charge is 0.398 e. The van der Waals surface area contributed by atoms with Crippen molar-refractivity contribution in [2.75, 3.05) is 11.5 Å². The Hall–Kier alpha value is -1.48. The lowest BCUT2D eigenvalue weighted by Crippen LogP contribution is -1.95. The Morgan fingerprint density at radius 1 is 1.15 bits per heavy atom. The molecule has 13 heavy (non-hydrogen) atoms. The van der Waals surface area contributed by atoms with E-state index >= 15 is 0 Å². The molecular weight excluding hydrogens is 186 g/mol. The van der Waals surface area contributed by atoms with E-state index in [4.69, 9.17) is 23.1 Å². The molecule has 1 heterocycles. The van der Waals surface area contributed by atoms with Crippen molar-refractivity contribution in [1.29, 1.82) is 0 Å². The number of anilines is 2. The second-order valence-corrected chi connectivity index (χ2v) is 3.23. The standard InChI is InChI=1S/C9H8ClN3/c10-5-1-2-6-7(11)4-9(12)13-8(6)3-5/h1-4H,(H4,11,12,13). The molecule has 0 spiro atoms. The molecule has 66 valence electrons. The van der Waals surface area contributed by atoms with Crippen molar-refractivity contribution in [2.45, 2.75) is 0 Å². The van der Waals surface area contributed by atoms with E-state index in [0.717, 1.165) is 10.9 Å². The van der Waals surface area contributed by atoms with Gasteiger partial charge in [-0.1, -0.05) is 11.6 Å². The summed E-state index contributed by atoms with van der Waals surface area (Å²) in [4.78, 5) is 4.11. The van der Waals surface area contributed by atoms with Gasteiger partial charge in [0.2, 0.25) is 0 Å². The van der Waals surface area contributed by atoms with Gasteiger partial charge in [-0.25, -0.2) is 4.98 Å². The van der Waals surface area contributed by atoms with Crippen LogP contribution in [0.1, 0.15) is 0 Å². The molecule has 0 saturated heterocycles. The van der Waals surface area contributed by atoms with Gasteiger partial charge in [-0.3, -0.25) is 0 Å². The smallest absolute Gasteiger partial charge is 0.126 e. The Morgan fingerprint density at radius 2 is 1.92 bits per heavy atom. The molecule has 0 bridgehead atoms. The summed E-state index contributed by atoms with van der Waals surface area (Å²) in [7, 11) is 0. The van der Waals surface area contributed by atoms with E-state index < -0.39 is 0 Å². The predicted molar refractivity (Wildman–Crippen MR) is 55.6 cm³/mol. The summed E-state index contributed by atoms with van der Waals surface area (Å²) >= 11 is 5.80. The summed E-state index contributed by atoms with van der Waals surface area (Å²) < 4.78 is 0. The van der Waals surface area contributed by atoms with Gasteiger partial charge >= 0.3 is 0 Å². The zero-order chi connectivity index (χ0) is 9.42. The van der Waals surface area contributed by atoms with Crippen LogP contribution in [0.25, 0.3) is 10.9 Å². The molecule has 0 radical (unpaired) electrons. The van der Waals surface area contributed by atoms with Gasteiger partial charge in [0.25, 0.3) is 0 Å². The van der Waals surface area contributed by atoms with Crippen LogP contribution in [0.15, 0.2) is 24.3 Å². The molecule has 4 heteroatoms. The van der Waals surface area contributed by atoms with Gasteiger partial charge in [-0.05, 0) is 18.2 Å². The second kappa shape index (κ2) is 2.78. The van der Waals surface area contributed by atoms with Crippen LogP contribution < -0.4 is 11.5 Å². The van der Waals surface area contributed by atoms with Crippen molar-refractivity contribution < 1.29 is 0 Å². The Kier molecular flexibility index (Phi) is 1.74. The molecule has 2 rings (SSSR count). The molecule has 0 aliphatic carbocycles. The number of pyridine rings is 1. The molecule has 0 aliphatic heterocycles. The minimum absolute atomic E-state index is 0.410. The first-order valence-electron chi connectivity index (χ1n) is 3.78. The average Bonchev–Trinajstić information content (AvgIpc) is 2.02. The van der Waals surface area contributed by atoms with Gasteiger partial charge in [0, 0.05) is 22.2 Å². The first-order chi connectivity index (χ1) is 6.16. The summed E-state index contributed by atoms with van der Waals surface area (Å²) in [6.07, 6.45) is 0. The van der Waals surface area contributed by atoms with E-state index in [0.29, 0.717) is 16.5 Å². The quantitative estimate of drug-likeness (QED) is 0.673. The third kappa shape index (κ3) is 1.38. The Morgan fingerprint density at radius 3 is 2.69 bits per heavy atom. The summed E-state index contributed by atoms with van der Waals surface area (Å²) in [6, 6.07) is 6.98. The van der Waals surface area contributed by atoms with Gasteiger partial charge in [-0.2, -0.15) is 0 Å². The number of nitrogens with zero attached hydrogens (tertiary/aromatic N) is 1. The molecule has 0 atom stereocenters. The van der Waals surface area contributed by atoms with Crippen molar-refractivity contribution in [3.8, 4) is 0 Å². The molecular formula is C9H8ClN3. The molecule has 0 saturated carbocycles. The van der Waals surface area contributed by atoms with E-state index in [1.807, 2.05) is 6.07 Å². The van der Waals surface area contributed by atoms with Gasteiger partial charge in [-0.15, -0.1) is 0 Å². The first kappa shape index (κ1) is 8.13. The zero-order valence-electron chi connectivity index (χ0n) is 6.79. The molecule has 4 N–H and O–H groups in total. The lowest BCUT2D eigenvalue weighted by Gasteiger charge is -2.02. The Bertz CT molecular complexity index is 462. The van der Waals surface area contributed by atoms with Gasteiger partial charge in [0.1, 0.15) is 5.82 Å². The van der Waals surface area contributed by atoms with Crippen molar-refractivity contribution in [3.05, 3.63) is 29.3 Å². The molecule has 0 aliphatic rings. The van der Waals surface area contributed by atoms with Crippen LogP contribution in [-0.4, -0.2) is 4.98 Å². The molecule has 2 aromatic rings. The maximum atomic E-state index is 5.80. The molecule has 0 amide bonds. The number of hydrogen-bond donors (Lipinski definition) is 2. The maximum absolute atomic E-state index is 5.80. The van der Waals surface area contributed by atoms with Crippen LogP contribution in [0, 0.1) is 0 Å². The van der Waals surface area contributed by atoms with E-state index in [1.54, 1.807) is 18.2 Å². The van der Waals surface area contributed by atoms with Gasteiger partial charge in [0.05, 0.1) is 5.52 Å². The van der Waals surface area contributed by atoms with Crippen LogP contribution in [0.2, 0.25) is 5.02 Å². The minimum Gasteiger partial charge on any atom is -0.398 e. The van der Waals surface area contributed by atoms with Crippen LogP contribution in [0.4, 0.5) is 11.5 Å². The van der Waals surface area contributed by atoms with Gasteiger partial charge in [0.15, 0.2) is 0 Å².